The summed E-state index contributed by atoms with van der Waals surface area (Å²) in [6.07, 6.45) is 2.82. The second-order valence-corrected chi connectivity index (χ2v) is 6.31. The van der Waals surface area contributed by atoms with Crippen LogP contribution >= 0.6 is 0 Å². The van der Waals surface area contributed by atoms with E-state index in [4.69, 9.17) is 0 Å². The highest BCUT2D eigenvalue weighted by atomic mass is 19.1. The van der Waals surface area contributed by atoms with Gasteiger partial charge in [-0.15, -0.1) is 0 Å². The van der Waals surface area contributed by atoms with E-state index in [1.165, 1.54) is 17.7 Å². The highest BCUT2D eigenvalue weighted by Crippen LogP contribution is 2.33. The Morgan fingerprint density at radius 3 is 2.58 bits per heavy atom. The number of aromatic nitrogens is 1. The van der Waals surface area contributed by atoms with E-state index in [0.717, 1.165) is 17.7 Å². The number of hydrogen-bond donors (Lipinski definition) is 1. The third kappa shape index (κ3) is 3.62. The molecule has 5 heteroatoms. The molecule has 0 unspecified atom stereocenters. The number of benzene rings is 1. The van der Waals surface area contributed by atoms with E-state index in [2.05, 4.69) is 22.9 Å². The Morgan fingerprint density at radius 2 is 2.00 bits per heavy atom. The Labute approximate surface area is 141 Å². The predicted molar refractivity (Wildman–Crippen MR) is 89.2 cm³/mol. The number of halogens is 1. The van der Waals surface area contributed by atoms with Crippen LogP contribution in [0.4, 0.5) is 4.39 Å². The zero-order valence-corrected chi connectivity index (χ0v) is 13.7. The van der Waals surface area contributed by atoms with E-state index >= 15 is 0 Å². The van der Waals surface area contributed by atoms with Gasteiger partial charge in [0, 0.05) is 31.7 Å². The number of nitrogens with zero attached hydrogens (tertiary/aromatic N) is 2. The van der Waals surface area contributed by atoms with E-state index < -0.39 is 11.9 Å². The van der Waals surface area contributed by atoms with Gasteiger partial charge in [-0.05, 0) is 35.7 Å². The summed E-state index contributed by atoms with van der Waals surface area (Å²) in [6.45, 7) is 3.84. The van der Waals surface area contributed by atoms with Crippen LogP contribution < -0.4 is 0 Å². The second-order valence-electron chi connectivity index (χ2n) is 6.31. The fraction of sp³-hybridized carbons (Fsp3) is 0.368. The summed E-state index contributed by atoms with van der Waals surface area (Å²) in [7, 11) is 0. The van der Waals surface area contributed by atoms with Gasteiger partial charge in [0.2, 0.25) is 0 Å². The average molecular weight is 328 g/mol. The molecule has 1 N–H and O–H groups in total. The molecule has 1 aliphatic rings. The predicted octanol–water partition coefficient (Wildman–Crippen LogP) is 3.08. The van der Waals surface area contributed by atoms with Crippen molar-refractivity contribution in [2.45, 2.75) is 25.8 Å². The van der Waals surface area contributed by atoms with Gasteiger partial charge in [-0.2, -0.15) is 0 Å². The number of carbonyl (C=O) groups is 1. The van der Waals surface area contributed by atoms with Gasteiger partial charge in [0.15, 0.2) is 0 Å². The number of pyridine rings is 1. The molecular formula is C19H21FN2O2. The largest absolute Gasteiger partial charge is 0.481 e. The molecule has 24 heavy (non-hydrogen) atoms. The number of hydrogen-bond acceptors (Lipinski definition) is 3. The van der Waals surface area contributed by atoms with Gasteiger partial charge in [-0.1, -0.05) is 25.1 Å². The molecule has 2 aromatic rings. The van der Waals surface area contributed by atoms with Crippen molar-refractivity contribution in [3.8, 4) is 0 Å². The zero-order valence-electron chi connectivity index (χ0n) is 13.7. The van der Waals surface area contributed by atoms with Crippen LogP contribution in [0.2, 0.25) is 0 Å². The first-order chi connectivity index (χ1) is 11.6. The molecule has 0 saturated carbocycles. The maximum absolute atomic E-state index is 13.1. The highest BCUT2D eigenvalue weighted by molar-refractivity contribution is 5.72. The second kappa shape index (κ2) is 7.09. The number of aliphatic carboxylic acids is 1. The summed E-state index contributed by atoms with van der Waals surface area (Å²) in [6, 6.07) is 10.2. The van der Waals surface area contributed by atoms with Crippen LogP contribution in [-0.4, -0.2) is 34.0 Å². The Kier molecular flexibility index (Phi) is 4.90. The smallest absolute Gasteiger partial charge is 0.308 e. The summed E-state index contributed by atoms with van der Waals surface area (Å²) in [5.74, 6) is -1.72. The fourth-order valence-corrected chi connectivity index (χ4v) is 3.30. The van der Waals surface area contributed by atoms with Gasteiger partial charge in [-0.25, -0.2) is 4.39 Å². The van der Waals surface area contributed by atoms with E-state index in [-0.39, 0.29) is 11.7 Å². The maximum atomic E-state index is 13.1. The van der Waals surface area contributed by atoms with E-state index in [1.807, 2.05) is 12.3 Å². The lowest BCUT2D eigenvalue weighted by molar-refractivity contribution is -0.141. The van der Waals surface area contributed by atoms with E-state index in [9.17, 15) is 14.3 Å². The minimum absolute atomic E-state index is 0.127. The quantitative estimate of drug-likeness (QED) is 0.916. The summed E-state index contributed by atoms with van der Waals surface area (Å²) in [4.78, 5) is 18.2. The minimum atomic E-state index is -0.805. The summed E-state index contributed by atoms with van der Waals surface area (Å²) < 4.78 is 13.1. The highest BCUT2D eigenvalue weighted by Gasteiger charge is 2.38. The minimum Gasteiger partial charge on any atom is -0.481 e. The van der Waals surface area contributed by atoms with Gasteiger partial charge in [0.05, 0.1) is 11.6 Å². The van der Waals surface area contributed by atoms with Gasteiger partial charge >= 0.3 is 5.97 Å². The van der Waals surface area contributed by atoms with E-state index in [1.54, 1.807) is 12.1 Å². The monoisotopic (exact) mass is 328 g/mol. The first-order valence-corrected chi connectivity index (χ1v) is 8.21. The fourth-order valence-electron chi connectivity index (χ4n) is 3.30. The van der Waals surface area contributed by atoms with Crippen molar-refractivity contribution in [3.05, 3.63) is 65.2 Å². The van der Waals surface area contributed by atoms with Gasteiger partial charge in [0.25, 0.3) is 0 Å². The van der Waals surface area contributed by atoms with Crippen LogP contribution in [0.5, 0.6) is 0 Å². The van der Waals surface area contributed by atoms with Crippen LogP contribution in [0.15, 0.2) is 42.6 Å². The van der Waals surface area contributed by atoms with Crippen LogP contribution in [0.3, 0.4) is 0 Å². The molecule has 1 aromatic heterocycles. The molecule has 2 atom stereocenters. The molecule has 1 aliphatic heterocycles. The molecule has 0 amide bonds. The summed E-state index contributed by atoms with van der Waals surface area (Å²) in [5, 5.41) is 9.54. The first-order valence-electron chi connectivity index (χ1n) is 8.21. The Morgan fingerprint density at radius 1 is 1.25 bits per heavy atom. The topological polar surface area (TPSA) is 53.4 Å². The Balaban J connectivity index is 1.74. The molecule has 0 aliphatic carbocycles. The van der Waals surface area contributed by atoms with Crippen LogP contribution in [0, 0.1) is 11.7 Å². The van der Waals surface area contributed by atoms with Crippen LogP contribution in [0.1, 0.15) is 29.7 Å². The van der Waals surface area contributed by atoms with Crippen molar-refractivity contribution in [2.75, 3.05) is 13.1 Å². The number of carboxylic acid groups (broad SMARTS) is 1. The number of carboxylic acids is 1. The molecule has 126 valence electrons. The van der Waals surface area contributed by atoms with Crippen molar-refractivity contribution in [2.24, 2.45) is 5.92 Å². The molecule has 1 fully saturated rings. The molecule has 1 saturated heterocycles. The lowest BCUT2D eigenvalue weighted by Gasteiger charge is -2.16. The normalized spacial score (nSPS) is 21.1. The van der Waals surface area contributed by atoms with E-state index in [0.29, 0.717) is 19.6 Å². The maximum Gasteiger partial charge on any atom is 0.308 e. The summed E-state index contributed by atoms with van der Waals surface area (Å²) in [5.41, 5.74) is 3.00. The molecule has 0 spiro atoms. The molecule has 0 radical (unpaired) electrons. The van der Waals surface area contributed by atoms with Crippen molar-refractivity contribution < 1.29 is 14.3 Å². The lowest BCUT2D eigenvalue weighted by Crippen LogP contribution is -2.23. The molecule has 2 heterocycles. The molecule has 0 bridgehead atoms. The zero-order chi connectivity index (χ0) is 17.1. The first kappa shape index (κ1) is 16.6. The van der Waals surface area contributed by atoms with Crippen molar-refractivity contribution in [1.82, 2.24) is 9.88 Å². The van der Waals surface area contributed by atoms with Gasteiger partial charge in [-0.3, -0.25) is 14.7 Å². The van der Waals surface area contributed by atoms with Crippen LogP contribution in [0.25, 0.3) is 0 Å². The number of rotatable bonds is 5. The Bertz CT molecular complexity index is 700. The van der Waals surface area contributed by atoms with Crippen molar-refractivity contribution >= 4 is 5.97 Å². The third-order valence-electron chi connectivity index (χ3n) is 4.69. The average Bonchev–Trinajstić information content (AvgIpc) is 3.00. The summed E-state index contributed by atoms with van der Waals surface area (Å²) >= 11 is 0. The molecule has 1 aromatic carbocycles. The van der Waals surface area contributed by atoms with Crippen LogP contribution in [-0.2, 0) is 17.8 Å². The molecule has 4 nitrogen and oxygen atoms in total. The molecular weight excluding hydrogens is 307 g/mol. The molecule has 3 rings (SSSR count). The van der Waals surface area contributed by atoms with Crippen molar-refractivity contribution in [1.29, 1.82) is 0 Å². The third-order valence-corrected chi connectivity index (χ3v) is 4.69. The van der Waals surface area contributed by atoms with Gasteiger partial charge in [0.1, 0.15) is 5.82 Å². The lowest BCUT2D eigenvalue weighted by atomic mass is 9.89. The van der Waals surface area contributed by atoms with Gasteiger partial charge < -0.3 is 5.11 Å². The van der Waals surface area contributed by atoms with Crippen molar-refractivity contribution in [3.63, 3.8) is 0 Å². The SMILES string of the molecule is CCc1ccc(CN2C[C@H](C(=O)O)[C@@H](c3ccc(F)cc3)C2)nc1. The Hall–Kier alpha value is -2.27. The number of aryl methyl sites for hydroxylation is 1. The standard InChI is InChI=1S/C19H21FN2O2/c1-2-13-3-8-16(21-9-13)10-22-11-17(18(12-22)19(23)24)14-4-6-15(20)7-5-14/h3-9,17-18H,2,10-12H2,1H3,(H,23,24)/t17-,18+/m1/s1. The number of likely N-dealkylation sites (tertiary alicyclic amines) is 1.